The minimum Gasteiger partial charge on any atom is -0.308 e. The van der Waals surface area contributed by atoms with E-state index in [1.807, 2.05) is 39.2 Å². The molecule has 3 aromatic rings. The van der Waals surface area contributed by atoms with Gasteiger partial charge < -0.3 is 4.90 Å². The minimum absolute atomic E-state index is 0. The summed E-state index contributed by atoms with van der Waals surface area (Å²) in [6.07, 6.45) is 1.72. The number of amides is 1. The SMILES string of the molecule is Cc1cnn(C)c1C(=O)N(CCN(C)C)c1nc2ccc(Br)cc2s1.Cl. The van der Waals surface area contributed by atoms with Gasteiger partial charge in [-0.2, -0.15) is 5.10 Å². The Kier molecular flexibility index (Phi) is 6.79. The molecule has 0 atom stereocenters. The predicted octanol–water partition coefficient (Wildman–Crippen LogP) is 3.73. The van der Waals surface area contributed by atoms with Crippen LogP contribution in [0.15, 0.2) is 28.9 Å². The molecule has 0 spiro atoms. The van der Waals surface area contributed by atoms with E-state index >= 15 is 0 Å². The first-order valence-electron chi connectivity index (χ1n) is 7.88. The van der Waals surface area contributed by atoms with E-state index in [0.717, 1.165) is 26.8 Å². The molecule has 26 heavy (non-hydrogen) atoms. The van der Waals surface area contributed by atoms with Crippen LogP contribution in [0, 0.1) is 6.92 Å². The standard InChI is InChI=1S/C17H20BrN5OS.ClH/c1-11-10-19-22(4)15(11)16(24)23(8-7-21(2)3)17-20-13-6-5-12(18)9-14(13)25-17;/h5-6,9-10H,7-8H2,1-4H3;1H. The largest absolute Gasteiger partial charge is 0.308 e. The summed E-state index contributed by atoms with van der Waals surface area (Å²) in [6, 6.07) is 5.95. The van der Waals surface area contributed by atoms with Crippen molar-refractivity contribution < 1.29 is 4.79 Å². The van der Waals surface area contributed by atoms with Crippen LogP contribution in [0.2, 0.25) is 0 Å². The number of anilines is 1. The molecule has 140 valence electrons. The molecule has 2 aromatic heterocycles. The number of aryl methyl sites for hydroxylation is 2. The van der Waals surface area contributed by atoms with Crippen LogP contribution in [-0.2, 0) is 7.05 Å². The third-order valence-electron chi connectivity index (χ3n) is 3.91. The summed E-state index contributed by atoms with van der Waals surface area (Å²) in [5.74, 6) is -0.0718. The number of carbonyl (C=O) groups is 1. The number of thiazole rings is 1. The molecule has 0 radical (unpaired) electrons. The van der Waals surface area contributed by atoms with E-state index in [-0.39, 0.29) is 18.3 Å². The predicted molar refractivity (Wildman–Crippen MR) is 113 cm³/mol. The Labute approximate surface area is 171 Å². The van der Waals surface area contributed by atoms with Crippen LogP contribution in [0.3, 0.4) is 0 Å². The van der Waals surface area contributed by atoms with E-state index in [2.05, 4.69) is 30.9 Å². The van der Waals surface area contributed by atoms with Gasteiger partial charge in [0.15, 0.2) is 5.13 Å². The van der Waals surface area contributed by atoms with E-state index in [1.54, 1.807) is 22.8 Å². The number of nitrogens with zero attached hydrogens (tertiary/aromatic N) is 5. The number of halogens is 2. The first-order valence-corrected chi connectivity index (χ1v) is 9.49. The fraction of sp³-hybridized carbons (Fsp3) is 0.353. The lowest BCUT2D eigenvalue weighted by atomic mass is 10.2. The lowest BCUT2D eigenvalue weighted by Crippen LogP contribution is -2.38. The Bertz CT molecular complexity index is 904. The Balaban J connectivity index is 0.00000243. The second-order valence-corrected chi connectivity index (χ2v) is 8.09. The van der Waals surface area contributed by atoms with Gasteiger partial charge in [0, 0.05) is 24.6 Å². The molecule has 3 rings (SSSR count). The van der Waals surface area contributed by atoms with Crippen molar-refractivity contribution in [1.82, 2.24) is 19.7 Å². The number of carbonyl (C=O) groups excluding carboxylic acids is 1. The molecule has 0 aliphatic carbocycles. The topological polar surface area (TPSA) is 54.3 Å². The van der Waals surface area contributed by atoms with E-state index in [4.69, 9.17) is 0 Å². The van der Waals surface area contributed by atoms with Crippen LogP contribution in [0.5, 0.6) is 0 Å². The Hall–Kier alpha value is -1.48. The first-order chi connectivity index (χ1) is 11.9. The molecular weight excluding hydrogens is 438 g/mol. The first kappa shape index (κ1) is 20.8. The quantitative estimate of drug-likeness (QED) is 0.584. The highest BCUT2D eigenvalue weighted by molar-refractivity contribution is 9.10. The summed E-state index contributed by atoms with van der Waals surface area (Å²) >= 11 is 5.01. The van der Waals surface area contributed by atoms with Crippen LogP contribution in [0.25, 0.3) is 10.2 Å². The van der Waals surface area contributed by atoms with E-state index < -0.39 is 0 Å². The number of fused-ring (bicyclic) bond motifs is 1. The Morgan fingerprint density at radius 1 is 1.31 bits per heavy atom. The van der Waals surface area contributed by atoms with Crippen LogP contribution >= 0.6 is 39.7 Å². The average molecular weight is 459 g/mol. The van der Waals surface area contributed by atoms with Gasteiger partial charge in [-0.25, -0.2) is 4.98 Å². The zero-order valence-corrected chi connectivity index (χ0v) is 18.3. The van der Waals surface area contributed by atoms with Crippen molar-refractivity contribution >= 4 is 60.9 Å². The van der Waals surface area contributed by atoms with Gasteiger partial charge in [0.1, 0.15) is 5.69 Å². The summed E-state index contributed by atoms with van der Waals surface area (Å²) in [5.41, 5.74) is 2.36. The van der Waals surface area contributed by atoms with Crippen LogP contribution < -0.4 is 4.90 Å². The highest BCUT2D eigenvalue weighted by Crippen LogP contribution is 2.31. The van der Waals surface area contributed by atoms with Gasteiger partial charge in [0.2, 0.25) is 0 Å². The second-order valence-electron chi connectivity index (χ2n) is 6.17. The van der Waals surface area contributed by atoms with Crippen LogP contribution in [-0.4, -0.2) is 52.8 Å². The van der Waals surface area contributed by atoms with Crippen molar-refractivity contribution in [3.05, 3.63) is 40.1 Å². The maximum Gasteiger partial charge on any atom is 0.278 e. The molecule has 0 saturated carbocycles. The minimum atomic E-state index is -0.0718. The maximum atomic E-state index is 13.2. The Morgan fingerprint density at radius 2 is 2.04 bits per heavy atom. The number of aromatic nitrogens is 3. The monoisotopic (exact) mass is 457 g/mol. The molecule has 0 N–H and O–H groups in total. The summed E-state index contributed by atoms with van der Waals surface area (Å²) in [5, 5.41) is 4.91. The Morgan fingerprint density at radius 3 is 2.65 bits per heavy atom. The molecule has 0 saturated heterocycles. The molecule has 0 fully saturated rings. The van der Waals surface area contributed by atoms with Crippen molar-refractivity contribution in [2.45, 2.75) is 6.92 Å². The van der Waals surface area contributed by atoms with Crippen molar-refractivity contribution in [3.8, 4) is 0 Å². The molecule has 0 aliphatic rings. The zero-order chi connectivity index (χ0) is 18.1. The molecule has 0 unspecified atom stereocenters. The fourth-order valence-corrected chi connectivity index (χ4v) is 4.11. The number of benzene rings is 1. The van der Waals surface area contributed by atoms with Gasteiger partial charge in [0.25, 0.3) is 5.91 Å². The van der Waals surface area contributed by atoms with Gasteiger partial charge in [-0.15, -0.1) is 12.4 Å². The van der Waals surface area contributed by atoms with E-state index in [1.165, 1.54) is 11.3 Å². The highest BCUT2D eigenvalue weighted by Gasteiger charge is 2.25. The van der Waals surface area contributed by atoms with E-state index in [0.29, 0.717) is 17.4 Å². The molecule has 0 aliphatic heterocycles. The summed E-state index contributed by atoms with van der Waals surface area (Å²) in [4.78, 5) is 21.7. The van der Waals surface area contributed by atoms with Gasteiger partial charge in [-0.1, -0.05) is 27.3 Å². The highest BCUT2D eigenvalue weighted by atomic mass is 79.9. The normalized spacial score (nSPS) is 11.0. The molecule has 2 heterocycles. The van der Waals surface area contributed by atoms with Gasteiger partial charge in [-0.3, -0.25) is 14.4 Å². The number of hydrogen-bond acceptors (Lipinski definition) is 5. The molecular formula is C17H21BrClN5OS. The lowest BCUT2D eigenvalue weighted by molar-refractivity contribution is 0.0975. The van der Waals surface area contributed by atoms with Crippen molar-refractivity contribution in [1.29, 1.82) is 0 Å². The molecule has 1 aromatic carbocycles. The zero-order valence-electron chi connectivity index (χ0n) is 15.1. The van der Waals surface area contributed by atoms with Crippen molar-refractivity contribution in [3.63, 3.8) is 0 Å². The van der Waals surface area contributed by atoms with Gasteiger partial charge in [-0.05, 0) is 44.8 Å². The van der Waals surface area contributed by atoms with Crippen LogP contribution in [0.4, 0.5) is 5.13 Å². The lowest BCUT2D eigenvalue weighted by Gasteiger charge is -2.22. The number of hydrogen-bond donors (Lipinski definition) is 0. The molecule has 6 nitrogen and oxygen atoms in total. The van der Waals surface area contributed by atoms with Gasteiger partial charge in [0.05, 0.1) is 16.4 Å². The molecule has 1 amide bonds. The number of rotatable bonds is 5. The third-order valence-corrected chi connectivity index (χ3v) is 5.44. The fourth-order valence-electron chi connectivity index (χ4n) is 2.57. The summed E-state index contributed by atoms with van der Waals surface area (Å²) in [6.45, 7) is 3.22. The van der Waals surface area contributed by atoms with E-state index in [9.17, 15) is 4.79 Å². The third kappa shape index (κ3) is 4.25. The van der Waals surface area contributed by atoms with Gasteiger partial charge >= 0.3 is 0 Å². The summed E-state index contributed by atoms with van der Waals surface area (Å²) in [7, 11) is 5.78. The second kappa shape index (κ2) is 8.47. The average Bonchev–Trinajstić information content (AvgIpc) is 3.09. The summed E-state index contributed by atoms with van der Waals surface area (Å²) < 4.78 is 3.68. The smallest absolute Gasteiger partial charge is 0.278 e. The maximum absolute atomic E-state index is 13.2. The molecule has 0 bridgehead atoms. The van der Waals surface area contributed by atoms with Crippen molar-refractivity contribution in [2.75, 3.05) is 32.1 Å². The molecule has 9 heteroatoms. The van der Waals surface area contributed by atoms with Crippen LogP contribution in [0.1, 0.15) is 16.1 Å². The number of likely N-dealkylation sites (N-methyl/N-ethyl adjacent to an activating group) is 1. The van der Waals surface area contributed by atoms with Crippen molar-refractivity contribution in [2.24, 2.45) is 7.05 Å².